The monoisotopic (exact) mass is 304 g/mol. The summed E-state index contributed by atoms with van der Waals surface area (Å²) in [6.45, 7) is 4.75. The lowest BCUT2D eigenvalue weighted by Crippen LogP contribution is -2.54. The minimum absolute atomic E-state index is 0.0683. The van der Waals surface area contributed by atoms with Crippen molar-refractivity contribution in [2.24, 2.45) is 5.92 Å². The predicted octanol–water partition coefficient (Wildman–Crippen LogP) is 1.29. The van der Waals surface area contributed by atoms with Crippen LogP contribution >= 0.6 is 0 Å². The molecule has 1 saturated heterocycles. The van der Waals surface area contributed by atoms with Crippen molar-refractivity contribution in [1.82, 2.24) is 8.61 Å². The third-order valence-electron chi connectivity index (χ3n) is 3.83. The van der Waals surface area contributed by atoms with Gasteiger partial charge in [0.25, 0.3) is 10.2 Å². The molecule has 1 N–H and O–H groups in total. The number of rotatable bonds is 6. The number of hydrogen-bond acceptors (Lipinski definition) is 3. The van der Waals surface area contributed by atoms with E-state index in [4.69, 9.17) is 0 Å². The molecule has 7 heteroatoms. The molecule has 1 saturated carbocycles. The van der Waals surface area contributed by atoms with Crippen LogP contribution in [0.4, 0.5) is 0 Å². The van der Waals surface area contributed by atoms with Crippen LogP contribution in [0.3, 0.4) is 0 Å². The van der Waals surface area contributed by atoms with Crippen LogP contribution in [-0.4, -0.2) is 53.3 Å². The van der Waals surface area contributed by atoms with Crippen molar-refractivity contribution in [2.75, 3.05) is 13.1 Å². The van der Waals surface area contributed by atoms with Crippen molar-refractivity contribution in [3.8, 4) is 0 Å². The second-order valence-electron chi connectivity index (χ2n) is 6.16. The van der Waals surface area contributed by atoms with Gasteiger partial charge in [0.15, 0.2) is 0 Å². The first-order valence-electron chi connectivity index (χ1n) is 7.35. The molecule has 0 aromatic rings. The van der Waals surface area contributed by atoms with Crippen LogP contribution in [0.5, 0.6) is 0 Å². The second-order valence-corrected chi connectivity index (χ2v) is 8.00. The number of hydrogen-bond donors (Lipinski definition) is 1. The van der Waals surface area contributed by atoms with Crippen LogP contribution in [0.2, 0.25) is 0 Å². The molecule has 0 aromatic carbocycles. The van der Waals surface area contributed by atoms with E-state index >= 15 is 0 Å². The summed E-state index contributed by atoms with van der Waals surface area (Å²) in [6, 6.07) is -0.832. The lowest BCUT2D eigenvalue weighted by atomic mass is 10.1. The Bertz CT molecular complexity index is 459. The average Bonchev–Trinajstić information content (AvgIpc) is 3.19. The zero-order valence-corrected chi connectivity index (χ0v) is 13.0. The Labute approximate surface area is 120 Å². The van der Waals surface area contributed by atoms with Gasteiger partial charge in [0.2, 0.25) is 0 Å². The van der Waals surface area contributed by atoms with Crippen molar-refractivity contribution < 1.29 is 18.3 Å². The van der Waals surface area contributed by atoms with E-state index in [9.17, 15) is 18.3 Å². The normalized spacial score (nSPS) is 25.3. The Morgan fingerprint density at radius 3 is 2.45 bits per heavy atom. The number of piperidine rings is 1. The lowest BCUT2D eigenvalue weighted by Gasteiger charge is -2.36. The number of carboxylic acid groups (broad SMARTS) is 1. The molecule has 1 aliphatic carbocycles. The van der Waals surface area contributed by atoms with Gasteiger partial charge in [-0.3, -0.25) is 4.79 Å². The minimum Gasteiger partial charge on any atom is -0.480 e. The van der Waals surface area contributed by atoms with Gasteiger partial charge in [-0.2, -0.15) is 17.0 Å². The average molecular weight is 304 g/mol. The van der Waals surface area contributed by atoms with Gasteiger partial charge in [0.1, 0.15) is 6.04 Å². The third kappa shape index (κ3) is 3.32. The first-order valence-corrected chi connectivity index (χ1v) is 8.75. The Kier molecular flexibility index (Phi) is 4.71. The molecular formula is C13H24N2O4S. The van der Waals surface area contributed by atoms with E-state index < -0.39 is 22.2 Å². The maximum absolute atomic E-state index is 12.8. The predicted molar refractivity (Wildman–Crippen MR) is 75.5 cm³/mol. The lowest BCUT2D eigenvalue weighted by molar-refractivity contribution is -0.142. The van der Waals surface area contributed by atoms with Crippen molar-refractivity contribution in [2.45, 2.75) is 58.0 Å². The molecular weight excluding hydrogens is 280 g/mol. The van der Waals surface area contributed by atoms with E-state index in [1.165, 1.54) is 8.61 Å². The summed E-state index contributed by atoms with van der Waals surface area (Å²) in [6.07, 6.45) is 3.70. The van der Waals surface area contributed by atoms with Crippen LogP contribution in [0, 0.1) is 5.92 Å². The highest BCUT2D eigenvalue weighted by Crippen LogP contribution is 2.33. The van der Waals surface area contributed by atoms with Crippen LogP contribution < -0.4 is 0 Å². The molecule has 6 nitrogen and oxygen atoms in total. The molecule has 0 bridgehead atoms. The highest BCUT2D eigenvalue weighted by molar-refractivity contribution is 7.86. The maximum atomic E-state index is 12.8. The highest BCUT2D eigenvalue weighted by Gasteiger charge is 2.45. The summed E-state index contributed by atoms with van der Waals surface area (Å²) in [4.78, 5) is 11.3. The second kappa shape index (κ2) is 5.99. The van der Waals surface area contributed by atoms with Gasteiger partial charge in [-0.25, -0.2) is 0 Å². The zero-order valence-electron chi connectivity index (χ0n) is 12.2. The number of carboxylic acids is 1. The highest BCUT2D eigenvalue weighted by atomic mass is 32.2. The van der Waals surface area contributed by atoms with Crippen LogP contribution in [0.1, 0.15) is 46.0 Å². The van der Waals surface area contributed by atoms with Gasteiger partial charge >= 0.3 is 5.97 Å². The van der Waals surface area contributed by atoms with Crippen molar-refractivity contribution in [3.63, 3.8) is 0 Å². The minimum atomic E-state index is -3.66. The van der Waals surface area contributed by atoms with E-state index in [0.717, 1.165) is 25.7 Å². The van der Waals surface area contributed by atoms with E-state index in [1.54, 1.807) is 0 Å². The summed E-state index contributed by atoms with van der Waals surface area (Å²) in [5.41, 5.74) is 0. The molecule has 2 aliphatic rings. The number of carbonyl (C=O) groups is 1. The Balaban J connectivity index is 2.23. The van der Waals surface area contributed by atoms with Crippen LogP contribution in [0.15, 0.2) is 0 Å². The first-order chi connectivity index (χ1) is 9.34. The SMILES string of the molecule is CC(C)CN(C1CC1)S(=O)(=O)N1CCCCC1C(=O)O. The summed E-state index contributed by atoms with van der Waals surface area (Å²) in [5, 5.41) is 9.27. The molecule has 2 rings (SSSR count). The molecule has 2 fully saturated rings. The van der Waals surface area contributed by atoms with E-state index in [0.29, 0.717) is 19.5 Å². The largest absolute Gasteiger partial charge is 0.480 e. The van der Waals surface area contributed by atoms with Crippen molar-refractivity contribution in [1.29, 1.82) is 0 Å². The molecule has 1 atom stereocenters. The summed E-state index contributed by atoms with van der Waals surface area (Å²) in [5.74, 6) is -0.799. The molecule has 0 amide bonds. The standard InChI is InChI=1S/C13H24N2O4S/c1-10(2)9-15(11-6-7-11)20(18,19)14-8-4-3-5-12(14)13(16)17/h10-12H,3-9H2,1-2H3,(H,16,17). The maximum Gasteiger partial charge on any atom is 0.322 e. The summed E-state index contributed by atoms with van der Waals surface area (Å²) < 4.78 is 28.3. The van der Waals surface area contributed by atoms with Crippen LogP contribution in [-0.2, 0) is 15.0 Å². The van der Waals surface area contributed by atoms with Crippen LogP contribution in [0.25, 0.3) is 0 Å². The fourth-order valence-electron chi connectivity index (χ4n) is 2.72. The smallest absolute Gasteiger partial charge is 0.322 e. The quantitative estimate of drug-likeness (QED) is 0.802. The van der Waals surface area contributed by atoms with Crippen molar-refractivity contribution >= 4 is 16.2 Å². The molecule has 0 aromatic heterocycles. The van der Waals surface area contributed by atoms with Crippen molar-refractivity contribution in [3.05, 3.63) is 0 Å². The molecule has 116 valence electrons. The van der Waals surface area contributed by atoms with E-state index in [-0.39, 0.29) is 12.0 Å². The fraction of sp³-hybridized carbons (Fsp3) is 0.923. The summed E-state index contributed by atoms with van der Waals surface area (Å²) >= 11 is 0. The molecule has 1 aliphatic heterocycles. The van der Waals surface area contributed by atoms with Gasteiger partial charge in [0.05, 0.1) is 0 Å². The fourth-order valence-corrected chi connectivity index (χ4v) is 4.94. The topological polar surface area (TPSA) is 77.9 Å². The van der Waals surface area contributed by atoms with Gasteiger partial charge in [-0.15, -0.1) is 0 Å². The van der Waals surface area contributed by atoms with E-state index in [1.807, 2.05) is 13.8 Å². The zero-order chi connectivity index (χ0) is 14.9. The Morgan fingerprint density at radius 1 is 1.30 bits per heavy atom. The molecule has 0 spiro atoms. The Morgan fingerprint density at radius 2 is 1.95 bits per heavy atom. The molecule has 0 radical (unpaired) electrons. The number of nitrogens with zero attached hydrogens (tertiary/aromatic N) is 2. The van der Waals surface area contributed by atoms with Gasteiger partial charge in [-0.05, 0) is 38.0 Å². The summed E-state index contributed by atoms with van der Waals surface area (Å²) in [7, 11) is -3.66. The van der Waals surface area contributed by atoms with E-state index in [2.05, 4.69) is 0 Å². The third-order valence-corrected chi connectivity index (χ3v) is 5.90. The van der Waals surface area contributed by atoms with Gasteiger partial charge < -0.3 is 5.11 Å². The molecule has 1 heterocycles. The molecule has 20 heavy (non-hydrogen) atoms. The van der Waals surface area contributed by atoms with Gasteiger partial charge in [0, 0.05) is 19.1 Å². The van der Waals surface area contributed by atoms with Gasteiger partial charge in [-0.1, -0.05) is 13.8 Å². The molecule has 1 unspecified atom stereocenters. The first kappa shape index (κ1) is 15.7. The number of aliphatic carboxylic acids is 1. The Hall–Kier alpha value is -0.660.